The van der Waals surface area contributed by atoms with Crippen molar-refractivity contribution in [2.24, 2.45) is 0 Å². The fourth-order valence-corrected chi connectivity index (χ4v) is 2.63. The monoisotopic (exact) mass is 321 g/mol. The average Bonchev–Trinajstić information content (AvgIpc) is 2.28. The molecule has 17 heavy (non-hydrogen) atoms. The maximum absolute atomic E-state index is 11.9. The molecular formula is C11H16BrNO3S. The van der Waals surface area contributed by atoms with Crippen molar-refractivity contribution in [3.05, 3.63) is 22.7 Å². The van der Waals surface area contributed by atoms with Gasteiger partial charge in [-0.25, -0.2) is 0 Å². The van der Waals surface area contributed by atoms with Gasteiger partial charge >= 0.3 is 0 Å². The molecule has 0 saturated carbocycles. The van der Waals surface area contributed by atoms with Gasteiger partial charge in [-0.1, -0.05) is 15.9 Å². The normalized spacial score (nSPS) is 12.6. The maximum Gasteiger partial charge on any atom is 0.0700 e. The lowest BCUT2D eigenvalue weighted by Crippen LogP contribution is -2.10. The number of hydrogen-bond donors (Lipinski definition) is 1. The van der Waals surface area contributed by atoms with E-state index in [9.17, 15) is 4.21 Å². The summed E-state index contributed by atoms with van der Waals surface area (Å²) < 4.78 is 22.9. The van der Waals surface area contributed by atoms with Crippen LogP contribution < -0.4 is 5.73 Å². The Kier molecular flexibility index (Phi) is 6.72. The first-order valence-corrected chi connectivity index (χ1v) is 7.26. The van der Waals surface area contributed by atoms with Gasteiger partial charge in [-0.3, -0.25) is 4.21 Å². The van der Waals surface area contributed by atoms with E-state index in [2.05, 4.69) is 15.9 Å². The molecule has 96 valence electrons. The molecule has 0 aliphatic carbocycles. The lowest BCUT2D eigenvalue weighted by molar-refractivity contribution is 0.0787. The third-order valence-electron chi connectivity index (χ3n) is 2.06. The van der Waals surface area contributed by atoms with Crippen molar-refractivity contribution >= 4 is 32.4 Å². The van der Waals surface area contributed by atoms with Gasteiger partial charge in [0, 0.05) is 17.3 Å². The van der Waals surface area contributed by atoms with Gasteiger partial charge in [-0.15, -0.1) is 0 Å². The SMILES string of the molecule is COCCOCCS(=O)c1ccc(Br)cc1N. The zero-order chi connectivity index (χ0) is 12.7. The van der Waals surface area contributed by atoms with Crippen LogP contribution in [0.25, 0.3) is 0 Å². The number of methoxy groups -OCH3 is 1. The summed E-state index contributed by atoms with van der Waals surface area (Å²) in [6.07, 6.45) is 0. The minimum Gasteiger partial charge on any atom is -0.398 e. The summed E-state index contributed by atoms with van der Waals surface area (Å²) in [5.41, 5.74) is 6.33. The van der Waals surface area contributed by atoms with Crippen molar-refractivity contribution in [3.63, 3.8) is 0 Å². The Morgan fingerprint density at radius 1 is 1.35 bits per heavy atom. The molecule has 1 aromatic carbocycles. The fourth-order valence-electron chi connectivity index (χ4n) is 1.22. The predicted molar refractivity (Wildman–Crippen MR) is 72.5 cm³/mol. The third kappa shape index (κ3) is 5.16. The van der Waals surface area contributed by atoms with Crippen LogP contribution in [0.2, 0.25) is 0 Å². The topological polar surface area (TPSA) is 61.5 Å². The number of nitrogens with two attached hydrogens (primary N) is 1. The summed E-state index contributed by atoms with van der Waals surface area (Å²) >= 11 is 3.31. The standard InChI is InChI=1S/C11H16BrNO3S/c1-15-4-5-16-6-7-17(14)11-3-2-9(12)8-10(11)13/h2-3,8H,4-7,13H2,1H3. The molecule has 0 heterocycles. The van der Waals surface area contributed by atoms with Crippen LogP contribution in [0, 0.1) is 0 Å². The van der Waals surface area contributed by atoms with E-state index in [1.807, 2.05) is 6.07 Å². The molecular weight excluding hydrogens is 306 g/mol. The van der Waals surface area contributed by atoms with Crippen molar-refractivity contribution in [2.45, 2.75) is 4.90 Å². The summed E-state index contributed by atoms with van der Waals surface area (Å²) in [7, 11) is 0.495. The van der Waals surface area contributed by atoms with Gasteiger partial charge in [0.05, 0.1) is 41.3 Å². The van der Waals surface area contributed by atoms with E-state index in [0.717, 1.165) is 4.47 Å². The van der Waals surface area contributed by atoms with Crippen LogP contribution in [-0.2, 0) is 20.3 Å². The Morgan fingerprint density at radius 2 is 2.12 bits per heavy atom. The van der Waals surface area contributed by atoms with E-state index in [4.69, 9.17) is 15.2 Å². The summed E-state index contributed by atoms with van der Waals surface area (Å²) in [5, 5.41) is 0. The molecule has 1 atom stereocenters. The summed E-state index contributed by atoms with van der Waals surface area (Å²) in [6, 6.07) is 5.35. The molecule has 1 rings (SSSR count). The molecule has 0 radical (unpaired) electrons. The zero-order valence-corrected chi connectivity index (χ0v) is 12.1. The van der Waals surface area contributed by atoms with E-state index < -0.39 is 10.8 Å². The van der Waals surface area contributed by atoms with Crippen LogP contribution in [0.15, 0.2) is 27.6 Å². The molecule has 1 unspecified atom stereocenters. The molecule has 6 heteroatoms. The molecule has 0 bridgehead atoms. The lowest BCUT2D eigenvalue weighted by atomic mass is 10.3. The highest BCUT2D eigenvalue weighted by Gasteiger charge is 2.08. The Morgan fingerprint density at radius 3 is 2.76 bits per heavy atom. The first-order valence-electron chi connectivity index (χ1n) is 5.15. The number of nitrogen functional groups attached to an aromatic ring is 1. The minimum absolute atomic E-state index is 0.436. The molecule has 0 spiro atoms. The second kappa shape index (κ2) is 7.81. The van der Waals surface area contributed by atoms with Gasteiger partial charge in [0.25, 0.3) is 0 Å². The molecule has 4 nitrogen and oxygen atoms in total. The van der Waals surface area contributed by atoms with Crippen LogP contribution in [0.4, 0.5) is 5.69 Å². The quantitative estimate of drug-likeness (QED) is 0.614. The van der Waals surface area contributed by atoms with Crippen molar-refractivity contribution in [2.75, 3.05) is 38.4 Å². The van der Waals surface area contributed by atoms with Crippen molar-refractivity contribution < 1.29 is 13.7 Å². The summed E-state index contributed by atoms with van der Waals surface area (Å²) in [5.74, 6) is 0.440. The van der Waals surface area contributed by atoms with Crippen LogP contribution >= 0.6 is 15.9 Å². The molecule has 0 aliphatic heterocycles. The number of hydrogen-bond acceptors (Lipinski definition) is 4. The van der Waals surface area contributed by atoms with E-state index >= 15 is 0 Å². The average molecular weight is 322 g/mol. The predicted octanol–water partition coefficient (Wildman–Crippen LogP) is 1.80. The minimum atomic E-state index is -1.12. The van der Waals surface area contributed by atoms with Gasteiger partial charge in [-0.2, -0.15) is 0 Å². The molecule has 0 aliphatic rings. The summed E-state index contributed by atoms with van der Waals surface area (Å²) in [6.45, 7) is 1.50. The molecule has 0 fully saturated rings. The highest BCUT2D eigenvalue weighted by Crippen LogP contribution is 2.21. The zero-order valence-electron chi connectivity index (χ0n) is 9.65. The van der Waals surface area contributed by atoms with Crippen LogP contribution in [-0.4, -0.2) is 36.9 Å². The van der Waals surface area contributed by atoms with E-state index in [0.29, 0.717) is 36.2 Å². The lowest BCUT2D eigenvalue weighted by Gasteiger charge is -2.07. The molecule has 1 aromatic rings. The Balaban J connectivity index is 2.42. The molecule has 2 N–H and O–H groups in total. The molecule has 0 amide bonds. The first-order chi connectivity index (χ1) is 8.15. The highest BCUT2D eigenvalue weighted by atomic mass is 79.9. The first kappa shape index (κ1) is 14.6. The number of benzene rings is 1. The van der Waals surface area contributed by atoms with Crippen LogP contribution in [0.3, 0.4) is 0 Å². The van der Waals surface area contributed by atoms with Crippen molar-refractivity contribution in [3.8, 4) is 0 Å². The maximum atomic E-state index is 11.9. The largest absolute Gasteiger partial charge is 0.398 e. The second-order valence-electron chi connectivity index (χ2n) is 3.34. The van der Waals surface area contributed by atoms with Gasteiger partial charge in [0.1, 0.15) is 0 Å². The molecule has 0 saturated heterocycles. The number of halogens is 1. The Labute approximate surface area is 112 Å². The van der Waals surface area contributed by atoms with Gasteiger partial charge in [0.2, 0.25) is 0 Å². The van der Waals surface area contributed by atoms with Crippen molar-refractivity contribution in [1.29, 1.82) is 0 Å². The smallest absolute Gasteiger partial charge is 0.0700 e. The number of anilines is 1. The van der Waals surface area contributed by atoms with E-state index in [1.165, 1.54) is 0 Å². The Bertz CT molecular complexity index is 387. The Hall–Kier alpha value is -0.430. The van der Waals surface area contributed by atoms with Gasteiger partial charge in [0.15, 0.2) is 0 Å². The fraction of sp³-hybridized carbons (Fsp3) is 0.455. The number of rotatable bonds is 7. The summed E-state index contributed by atoms with van der Waals surface area (Å²) in [4.78, 5) is 0.656. The van der Waals surface area contributed by atoms with Gasteiger partial charge < -0.3 is 15.2 Å². The van der Waals surface area contributed by atoms with Crippen LogP contribution in [0.1, 0.15) is 0 Å². The van der Waals surface area contributed by atoms with E-state index in [1.54, 1.807) is 19.2 Å². The third-order valence-corrected chi connectivity index (χ3v) is 3.96. The van der Waals surface area contributed by atoms with E-state index in [-0.39, 0.29) is 0 Å². The second-order valence-corrected chi connectivity index (χ2v) is 5.79. The van der Waals surface area contributed by atoms with Gasteiger partial charge in [-0.05, 0) is 18.2 Å². The highest BCUT2D eigenvalue weighted by molar-refractivity contribution is 9.10. The molecule has 0 aromatic heterocycles. The van der Waals surface area contributed by atoms with Crippen LogP contribution in [0.5, 0.6) is 0 Å². The number of ether oxygens (including phenoxy) is 2. The van der Waals surface area contributed by atoms with Crippen molar-refractivity contribution in [1.82, 2.24) is 0 Å².